The summed E-state index contributed by atoms with van der Waals surface area (Å²) in [4.78, 5) is 7.78. The molecule has 5 nitrogen and oxygen atoms in total. The number of quaternary nitrogens is 1. The molecule has 4 aliphatic carbocycles. The molecule has 0 amide bonds. The minimum atomic E-state index is 0.0139. The number of rotatable bonds is 5. The zero-order chi connectivity index (χ0) is 16.9. The van der Waals surface area contributed by atoms with Crippen molar-refractivity contribution in [1.29, 1.82) is 0 Å². The number of nitrogens with one attached hydrogen (secondary N) is 1. The summed E-state index contributed by atoms with van der Waals surface area (Å²) in [6.07, 6.45) is 14.3. The molecule has 25 heavy (non-hydrogen) atoms. The summed E-state index contributed by atoms with van der Waals surface area (Å²) in [6, 6.07) is 4.16. The number of aromatic nitrogens is 3. The van der Waals surface area contributed by atoms with Crippen LogP contribution in [-0.2, 0) is 12.8 Å². The Morgan fingerprint density at radius 3 is 2.40 bits per heavy atom. The first kappa shape index (κ1) is 15.5. The first-order chi connectivity index (χ1) is 12.2. The molecular weight excluding hydrogens is 312 g/mol. The van der Waals surface area contributed by atoms with E-state index in [1.807, 2.05) is 12.4 Å². The van der Waals surface area contributed by atoms with Crippen LogP contribution in [0.5, 0.6) is 0 Å². The van der Waals surface area contributed by atoms with Gasteiger partial charge in [0.25, 0.3) is 5.89 Å². The van der Waals surface area contributed by atoms with Crippen LogP contribution in [0.1, 0.15) is 61.8 Å². The fraction of sp³-hybridized carbons (Fsp3) is 0.650. The second kappa shape index (κ2) is 5.90. The lowest BCUT2D eigenvalue weighted by molar-refractivity contribution is -0.431. The summed E-state index contributed by atoms with van der Waals surface area (Å²) in [6.45, 7) is 0. The molecule has 2 aromatic heterocycles. The number of H-pyrrole nitrogens is 1. The maximum atomic E-state index is 5.58. The lowest BCUT2D eigenvalue weighted by atomic mass is 9.49. The summed E-state index contributed by atoms with van der Waals surface area (Å²) < 4.78 is 5.58. The molecule has 2 heterocycles. The van der Waals surface area contributed by atoms with E-state index in [1.54, 1.807) is 0 Å². The standard InChI is InChI=1S/C20H26N4O/c21-17(8-13-1-3-22-4-2-13)19-23-18(24-25-19)12-20-9-14-5-15(10-20)7-16(6-14)11-20/h1-4,14-17H,5-12,21H2/p+2/t14?,15?,16?,17-,20?/m0/s1. The monoisotopic (exact) mass is 340 g/mol. The first-order valence-corrected chi connectivity index (χ1v) is 9.78. The minimum Gasteiger partial charge on any atom is -0.347 e. The summed E-state index contributed by atoms with van der Waals surface area (Å²) in [5.41, 5.74) is 5.93. The summed E-state index contributed by atoms with van der Waals surface area (Å²) in [5.74, 6) is 4.49. The molecule has 5 heteroatoms. The normalized spacial score (nSPS) is 34.4. The molecule has 6 rings (SSSR count). The SMILES string of the molecule is [NH3+][C@@H](Cc1cc[nH+]cc1)c1nc(CC23CC4CC(CC(C4)C2)C3)no1. The smallest absolute Gasteiger partial charge is 0.285 e. The van der Waals surface area contributed by atoms with E-state index < -0.39 is 0 Å². The molecule has 0 spiro atoms. The van der Waals surface area contributed by atoms with Crippen molar-refractivity contribution in [2.24, 2.45) is 23.2 Å². The van der Waals surface area contributed by atoms with Crippen molar-refractivity contribution in [2.75, 3.05) is 0 Å². The number of nitrogens with zero attached hydrogens (tertiary/aromatic N) is 2. The zero-order valence-electron chi connectivity index (χ0n) is 14.8. The lowest BCUT2D eigenvalue weighted by Gasteiger charge is -2.56. The third kappa shape index (κ3) is 2.99. The highest BCUT2D eigenvalue weighted by Crippen LogP contribution is 2.60. The predicted octanol–water partition coefficient (Wildman–Crippen LogP) is 2.17. The Bertz CT molecular complexity index is 706. The van der Waals surface area contributed by atoms with Gasteiger partial charge in [-0.2, -0.15) is 4.98 Å². The van der Waals surface area contributed by atoms with E-state index in [4.69, 9.17) is 9.51 Å². The van der Waals surface area contributed by atoms with Gasteiger partial charge in [0.2, 0.25) is 0 Å². The Kier molecular flexibility index (Phi) is 3.66. The van der Waals surface area contributed by atoms with E-state index in [0.29, 0.717) is 11.3 Å². The van der Waals surface area contributed by atoms with Gasteiger partial charge in [-0.25, -0.2) is 4.98 Å². The van der Waals surface area contributed by atoms with Gasteiger partial charge in [-0.1, -0.05) is 5.16 Å². The topological polar surface area (TPSA) is 80.7 Å². The van der Waals surface area contributed by atoms with Gasteiger partial charge in [-0.15, -0.1) is 0 Å². The van der Waals surface area contributed by atoms with E-state index in [9.17, 15) is 0 Å². The Morgan fingerprint density at radius 1 is 1.12 bits per heavy atom. The Hall–Kier alpha value is -1.75. The molecule has 4 bridgehead atoms. The molecule has 0 aromatic carbocycles. The van der Waals surface area contributed by atoms with Crippen LogP contribution < -0.4 is 10.7 Å². The number of hydrogen-bond donors (Lipinski definition) is 1. The Balaban J connectivity index is 1.28. The third-order valence-corrected chi connectivity index (χ3v) is 6.80. The van der Waals surface area contributed by atoms with Crippen LogP contribution in [0.15, 0.2) is 29.0 Å². The van der Waals surface area contributed by atoms with Crippen molar-refractivity contribution in [3.63, 3.8) is 0 Å². The molecule has 2 aromatic rings. The zero-order valence-corrected chi connectivity index (χ0v) is 14.8. The van der Waals surface area contributed by atoms with Gasteiger partial charge in [-0.05, 0) is 67.3 Å². The van der Waals surface area contributed by atoms with Crippen molar-refractivity contribution in [2.45, 2.75) is 57.4 Å². The second-order valence-electron chi connectivity index (χ2n) is 8.95. The van der Waals surface area contributed by atoms with Gasteiger partial charge in [0.1, 0.15) is 0 Å². The lowest BCUT2D eigenvalue weighted by Crippen LogP contribution is -2.54. The molecular formula is C20H28N4O+2. The fourth-order valence-corrected chi connectivity index (χ4v) is 6.28. The summed E-state index contributed by atoms with van der Waals surface area (Å²) >= 11 is 0. The van der Waals surface area contributed by atoms with Gasteiger partial charge in [-0.3, -0.25) is 0 Å². The van der Waals surface area contributed by atoms with Crippen molar-refractivity contribution >= 4 is 0 Å². The quantitative estimate of drug-likeness (QED) is 0.906. The Morgan fingerprint density at radius 2 is 1.76 bits per heavy atom. The average Bonchev–Trinajstić information content (AvgIpc) is 3.02. The van der Waals surface area contributed by atoms with Crippen LogP contribution in [0, 0.1) is 23.2 Å². The average molecular weight is 340 g/mol. The largest absolute Gasteiger partial charge is 0.347 e. The highest BCUT2D eigenvalue weighted by molar-refractivity contribution is 5.10. The van der Waals surface area contributed by atoms with Crippen molar-refractivity contribution in [3.8, 4) is 0 Å². The molecule has 0 saturated heterocycles. The van der Waals surface area contributed by atoms with Crippen LogP contribution in [-0.4, -0.2) is 10.1 Å². The van der Waals surface area contributed by atoms with Gasteiger partial charge in [0.05, 0.1) is 0 Å². The maximum absolute atomic E-state index is 5.58. The van der Waals surface area contributed by atoms with Crippen molar-refractivity contribution in [3.05, 3.63) is 41.8 Å². The first-order valence-electron chi connectivity index (χ1n) is 9.78. The summed E-state index contributed by atoms with van der Waals surface area (Å²) in [7, 11) is 0. The van der Waals surface area contributed by atoms with Crippen LogP contribution in [0.4, 0.5) is 0 Å². The van der Waals surface area contributed by atoms with Crippen molar-refractivity contribution in [1.82, 2.24) is 10.1 Å². The van der Waals surface area contributed by atoms with Crippen molar-refractivity contribution < 1.29 is 15.2 Å². The molecule has 4 saturated carbocycles. The predicted molar refractivity (Wildman–Crippen MR) is 90.9 cm³/mol. The van der Waals surface area contributed by atoms with Gasteiger partial charge in [0.15, 0.2) is 24.3 Å². The van der Waals surface area contributed by atoms with Gasteiger partial charge < -0.3 is 10.3 Å². The van der Waals surface area contributed by atoms with E-state index in [1.165, 1.54) is 44.1 Å². The molecule has 4 N–H and O–H groups in total. The molecule has 0 unspecified atom stereocenters. The van der Waals surface area contributed by atoms with E-state index in [-0.39, 0.29) is 6.04 Å². The highest BCUT2D eigenvalue weighted by atomic mass is 16.5. The Labute approximate surface area is 148 Å². The van der Waals surface area contributed by atoms with Crippen LogP contribution >= 0.6 is 0 Å². The molecule has 4 aliphatic rings. The molecule has 4 fully saturated rings. The van der Waals surface area contributed by atoms with Gasteiger partial charge >= 0.3 is 0 Å². The third-order valence-electron chi connectivity index (χ3n) is 6.80. The highest BCUT2D eigenvalue weighted by Gasteiger charge is 2.51. The molecule has 0 radical (unpaired) electrons. The molecule has 1 atom stereocenters. The van der Waals surface area contributed by atoms with Crippen LogP contribution in [0.2, 0.25) is 0 Å². The van der Waals surface area contributed by atoms with Gasteiger partial charge in [0, 0.05) is 25.0 Å². The molecule has 132 valence electrons. The van der Waals surface area contributed by atoms with Crippen LogP contribution in [0.25, 0.3) is 0 Å². The maximum Gasteiger partial charge on any atom is 0.285 e. The number of hydrogen-bond acceptors (Lipinski definition) is 3. The molecule has 0 aliphatic heterocycles. The number of pyridine rings is 1. The minimum absolute atomic E-state index is 0.0139. The fourth-order valence-electron chi connectivity index (χ4n) is 6.28. The number of aromatic amines is 1. The second-order valence-corrected chi connectivity index (χ2v) is 8.95. The summed E-state index contributed by atoms with van der Waals surface area (Å²) in [5, 5.41) is 4.32. The van der Waals surface area contributed by atoms with Crippen LogP contribution in [0.3, 0.4) is 0 Å². The van der Waals surface area contributed by atoms with E-state index in [2.05, 4.69) is 28.0 Å². The van der Waals surface area contributed by atoms with E-state index in [0.717, 1.165) is 36.4 Å². The van der Waals surface area contributed by atoms with E-state index >= 15 is 0 Å².